The molecule has 128 valence electrons. The highest BCUT2D eigenvalue weighted by molar-refractivity contribution is 9.10. The number of thiophene rings is 1. The Hall–Kier alpha value is -2.70. The van der Waals surface area contributed by atoms with E-state index in [0.29, 0.717) is 27.2 Å². The molecule has 0 amide bonds. The molecule has 6 heteroatoms. The van der Waals surface area contributed by atoms with E-state index in [2.05, 4.69) is 15.9 Å². The minimum Gasteiger partial charge on any atom is -0.463 e. The molecule has 0 radical (unpaired) electrons. The van der Waals surface area contributed by atoms with E-state index in [1.54, 1.807) is 35.7 Å². The first-order valence-corrected chi connectivity index (χ1v) is 9.36. The van der Waals surface area contributed by atoms with Crippen LogP contribution >= 0.6 is 27.3 Å². The van der Waals surface area contributed by atoms with E-state index >= 15 is 0 Å². The normalized spacial score (nSPS) is 10.8. The summed E-state index contributed by atoms with van der Waals surface area (Å²) < 4.78 is 11.9. The van der Waals surface area contributed by atoms with Crippen LogP contribution in [0.1, 0.15) is 9.67 Å². The first-order valence-electron chi connectivity index (χ1n) is 7.69. The summed E-state index contributed by atoms with van der Waals surface area (Å²) in [5.74, 6) is -0.108. The van der Waals surface area contributed by atoms with Crippen LogP contribution in [0.5, 0.6) is 5.75 Å². The van der Waals surface area contributed by atoms with Crippen molar-refractivity contribution in [3.8, 4) is 16.9 Å². The summed E-state index contributed by atoms with van der Waals surface area (Å²) in [6.07, 6.45) is 1.43. The molecule has 0 spiro atoms. The van der Waals surface area contributed by atoms with Gasteiger partial charge in [-0.15, -0.1) is 11.3 Å². The molecule has 0 unspecified atom stereocenters. The molecule has 0 aliphatic carbocycles. The van der Waals surface area contributed by atoms with Crippen LogP contribution in [0, 0.1) is 0 Å². The Labute approximate surface area is 160 Å². The molecule has 4 nitrogen and oxygen atoms in total. The summed E-state index contributed by atoms with van der Waals surface area (Å²) in [7, 11) is 0. The van der Waals surface area contributed by atoms with Gasteiger partial charge in [0.05, 0.1) is 10.9 Å². The third-order valence-corrected chi connectivity index (χ3v) is 5.21. The van der Waals surface area contributed by atoms with Crippen LogP contribution in [0.15, 0.2) is 79.9 Å². The van der Waals surface area contributed by atoms with Gasteiger partial charge >= 0.3 is 5.97 Å². The monoisotopic (exact) mass is 426 g/mol. The van der Waals surface area contributed by atoms with Gasteiger partial charge in [-0.25, -0.2) is 4.79 Å². The Morgan fingerprint density at radius 1 is 1.08 bits per heavy atom. The van der Waals surface area contributed by atoms with Crippen molar-refractivity contribution in [2.45, 2.75) is 0 Å². The number of ether oxygens (including phenoxy) is 1. The Morgan fingerprint density at radius 3 is 2.62 bits per heavy atom. The minimum absolute atomic E-state index is 0.135. The second kappa shape index (κ2) is 6.90. The maximum atomic E-state index is 12.8. The molecule has 0 fully saturated rings. The lowest BCUT2D eigenvalue weighted by molar-refractivity contribution is 0.0740. The minimum atomic E-state index is -0.437. The van der Waals surface area contributed by atoms with E-state index in [9.17, 15) is 9.59 Å². The van der Waals surface area contributed by atoms with Crippen LogP contribution in [0.4, 0.5) is 0 Å². The fourth-order valence-electron chi connectivity index (χ4n) is 2.55. The molecule has 4 aromatic rings. The zero-order chi connectivity index (χ0) is 18.1. The van der Waals surface area contributed by atoms with E-state index in [-0.39, 0.29) is 5.43 Å². The summed E-state index contributed by atoms with van der Waals surface area (Å²) in [5, 5.41) is 2.24. The average molecular weight is 427 g/mol. The lowest BCUT2D eigenvalue weighted by Crippen LogP contribution is -2.07. The summed E-state index contributed by atoms with van der Waals surface area (Å²) in [5.41, 5.74) is 1.49. The largest absolute Gasteiger partial charge is 0.463 e. The number of fused-ring (bicyclic) bond motifs is 1. The Kier molecular flexibility index (Phi) is 4.44. The van der Waals surface area contributed by atoms with Gasteiger partial charge in [-0.1, -0.05) is 34.1 Å². The van der Waals surface area contributed by atoms with E-state index in [4.69, 9.17) is 9.15 Å². The van der Waals surface area contributed by atoms with Gasteiger partial charge in [0.25, 0.3) is 0 Å². The van der Waals surface area contributed by atoms with Crippen LogP contribution in [0.2, 0.25) is 0 Å². The molecule has 0 N–H and O–H groups in total. The number of esters is 1. The second-order valence-electron chi connectivity index (χ2n) is 5.51. The fraction of sp³-hybridized carbons (Fsp3) is 0. The highest BCUT2D eigenvalue weighted by Crippen LogP contribution is 2.25. The van der Waals surface area contributed by atoms with Crippen molar-refractivity contribution in [3.63, 3.8) is 0 Å². The van der Waals surface area contributed by atoms with Crippen molar-refractivity contribution in [1.82, 2.24) is 0 Å². The van der Waals surface area contributed by atoms with Crippen molar-refractivity contribution in [2.24, 2.45) is 0 Å². The number of halogens is 1. The van der Waals surface area contributed by atoms with Gasteiger partial charge in [-0.2, -0.15) is 0 Å². The van der Waals surface area contributed by atoms with E-state index < -0.39 is 5.97 Å². The first-order chi connectivity index (χ1) is 12.6. The smallest absolute Gasteiger partial charge is 0.353 e. The SMILES string of the molecule is O=C(Oc1ccc2c(=O)c(-c3ccc(Br)cc3)coc2c1)c1cccs1. The molecule has 0 atom stereocenters. The standard InChI is InChI=1S/C20H11BrO4S/c21-13-5-3-12(4-6-13)16-11-24-17-10-14(7-8-15(17)19(16)22)25-20(23)18-2-1-9-26-18/h1-11H. The van der Waals surface area contributed by atoms with Gasteiger partial charge in [0, 0.05) is 10.5 Å². The third kappa shape index (κ3) is 3.21. The van der Waals surface area contributed by atoms with Crippen molar-refractivity contribution in [2.75, 3.05) is 0 Å². The van der Waals surface area contributed by atoms with Crippen LogP contribution < -0.4 is 10.2 Å². The summed E-state index contributed by atoms with van der Waals surface area (Å²) in [6, 6.07) is 15.7. The fourth-order valence-corrected chi connectivity index (χ4v) is 3.42. The number of benzene rings is 2. The van der Waals surface area contributed by atoms with E-state index in [1.807, 2.05) is 24.3 Å². The van der Waals surface area contributed by atoms with Crippen molar-refractivity contribution >= 4 is 44.2 Å². The number of rotatable bonds is 3. The van der Waals surface area contributed by atoms with Crippen molar-refractivity contribution < 1.29 is 13.9 Å². The lowest BCUT2D eigenvalue weighted by Gasteiger charge is -2.06. The number of carbonyl (C=O) groups excluding carboxylic acids is 1. The van der Waals surface area contributed by atoms with Gasteiger partial charge in [0.15, 0.2) is 5.43 Å². The summed E-state index contributed by atoms with van der Waals surface area (Å²) in [6.45, 7) is 0. The van der Waals surface area contributed by atoms with Crippen LogP contribution in [0.3, 0.4) is 0 Å². The Bertz CT molecular complexity index is 1140. The molecule has 0 aliphatic rings. The molecule has 4 rings (SSSR count). The van der Waals surface area contributed by atoms with Crippen molar-refractivity contribution in [3.05, 3.63) is 85.8 Å². The van der Waals surface area contributed by atoms with Crippen LogP contribution in [0.25, 0.3) is 22.1 Å². The molecule has 26 heavy (non-hydrogen) atoms. The van der Waals surface area contributed by atoms with Gasteiger partial charge in [-0.05, 0) is 41.3 Å². The number of hydrogen-bond donors (Lipinski definition) is 0. The maximum absolute atomic E-state index is 12.8. The van der Waals surface area contributed by atoms with Gasteiger partial charge in [-0.3, -0.25) is 4.79 Å². The zero-order valence-electron chi connectivity index (χ0n) is 13.3. The third-order valence-electron chi connectivity index (χ3n) is 3.83. The van der Waals surface area contributed by atoms with Crippen molar-refractivity contribution in [1.29, 1.82) is 0 Å². The molecular formula is C20H11BrO4S. The molecule has 2 aromatic heterocycles. The topological polar surface area (TPSA) is 56.5 Å². The molecule has 2 heterocycles. The molecule has 2 aromatic carbocycles. The van der Waals surface area contributed by atoms with Crippen LogP contribution in [-0.2, 0) is 0 Å². The van der Waals surface area contributed by atoms with Gasteiger partial charge < -0.3 is 9.15 Å². The van der Waals surface area contributed by atoms with E-state index in [0.717, 1.165) is 10.0 Å². The predicted molar refractivity (Wildman–Crippen MR) is 105 cm³/mol. The predicted octanol–water partition coefficient (Wildman–Crippen LogP) is 5.50. The molecular weight excluding hydrogens is 416 g/mol. The highest BCUT2D eigenvalue weighted by atomic mass is 79.9. The maximum Gasteiger partial charge on any atom is 0.353 e. The lowest BCUT2D eigenvalue weighted by atomic mass is 10.1. The highest BCUT2D eigenvalue weighted by Gasteiger charge is 2.13. The number of hydrogen-bond acceptors (Lipinski definition) is 5. The zero-order valence-corrected chi connectivity index (χ0v) is 15.7. The molecule has 0 aliphatic heterocycles. The second-order valence-corrected chi connectivity index (χ2v) is 7.37. The van der Waals surface area contributed by atoms with E-state index in [1.165, 1.54) is 17.6 Å². The Morgan fingerprint density at radius 2 is 1.88 bits per heavy atom. The summed E-state index contributed by atoms with van der Waals surface area (Å²) in [4.78, 5) is 25.3. The van der Waals surface area contributed by atoms with Crippen LogP contribution in [-0.4, -0.2) is 5.97 Å². The van der Waals surface area contributed by atoms with Gasteiger partial charge in [0.2, 0.25) is 0 Å². The molecule has 0 saturated heterocycles. The quantitative estimate of drug-likeness (QED) is 0.320. The summed E-state index contributed by atoms with van der Waals surface area (Å²) >= 11 is 4.68. The molecule has 0 saturated carbocycles. The average Bonchev–Trinajstić information content (AvgIpc) is 3.18. The molecule has 0 bridgehead atoms. The Balaban J connectivity index is 1.70. The number of carbonyl (C=O) groups is 1. The van der Waals surface area contributed by atoms with Gasteiger partial charge in [0.1, 0.15) is 22.5 Å². The first kappa shape index (κ1) is 16.8.